The lowest BCUT2D eigenvalue weighted by Gasteiger charge is -2.27. The van der Waals surface area contributed by atoms with E-state index >= 15 is 0 Å². The summed E-state index contributed by atoms with van der Waals surface area (Å²) in [4.78, 5) is 13.5. The lowest BCUT2D eigenvalue weighted by atomic mass is 10.1. The van der Waals surface area contributed by atoms with Crippen molar-refractivity contribution in [2.45, 2.75) is 31.8 Å². The zero-order chi connectivity index (χ0) is 24.3. The minimum absolute atomic E-state index is 0.0931. The highest BCUT2D eigenvalue weighted by atomic mass is 32.2. The van der Waals surface area contributed by atoms with E-state index in [2.05, 4.69) is 0 Å². The minimum atomic E-state index is -4.58. The number of carbonyl (C=O) groups excluding carboxylic acids is 1. The SMILES string of the molecule is COc1ccccc1N(C)S(=O)(=O)c1ccc(C)c(C(=O)N(CC(C)C)CC(F)(F)F)c1. The first-order valence-electron chi connectivity index (χ1n) is 9.86. The van der Waals surface area contributed by atoms with Crippen LogP contribution in [0.25, 0.3) is 0 Å². The smallest absolute Gasteiger partial charge is 0.406 e. The number of hydrogen-bond acceptors (Lipinski definition) is 4. The number of anilines is 1. The van der Waals surface area contributed by atoms with Gasteiger partial charge in [-0.05, 0) is 42.7 Å². The van der Waals surface area contributed by atoms with Crippen molar-refractivity contribution in [2.75, 3.05) is 31.6 Å². The molecule has 2 aromatic rings. The number of aryl methyl sites for hydroxylation is 1. The summed E-state index contributed by atoms with van der Waals surface area (Å²) in [6.45, 7) is 3.42. The third-order valence-electron chi connectivity index (χ3n) is 4.77. The number of carbonyl (C=O) groups is 1. The first-order valence-corrected chi connectivity index (χ1v) is 11.3. The number of methoxy groups -OCH3 is 1. The van der Waals surface area contributed by atoms with Crippen LogP contribution in [-0.2, 0) is 10.0 Å². The molecule has 0 aromatic heterocycles. The van der Waals surface area contributed by atoms with Crippen LogP contribution in [0.4, 0.5) is 18.9 Å². The normalized spacial score (nSPS) is 12.0. The quantitative estimate of drug-likeness (QED) is 0.568. The standard InChI is InChI=1S/C22H27F3N2O4S/c1-15(2)13-27(14-22(23,24)25)21(28)18-12-17(11-10-16(18)3)32(29,30)26(4)19-8-6-7-9-20(19)31-5/h6-12,15H,13-14H2,1-5H3. The molecule has 32 heavy (non-hydrogen) atoms. The van der Waals surface area contributed by atoms with Gasteiger partial charge in [0, 0.05) is 19.2 Å². The predicted molar refractivity (Wildman–Crippen MR) is 117 cm³/mol. The first-order chi connectivity index (χ1) is 14.8. The summed E-state index contributed by atoms with van der Waals surface area (Å²) in [6, 6.07) is 10.4. The van der Waals surface area contributed by atoms with Gasteiger partial charge in [0.05, 0.1) is 17.7 Å². The van der Waals surface area contributed by atoms with Gasteiger partial charge < -0.3 is 9.64 Å². The molecule has 2 aromatic carbocycles. The Morgan fingerprint density at radius 1 is 1.12 bits per heavy atom. The average Bonchev–Trinajstić information content (AvgIpc) is 2.71. The second kappa shape index (κ2) is 9.81. The number of amides is 1. The monoisotopic (exact) mass is 472 g/mol. The second-order valence-electron chi connectivity index (χ2n) is 7.82. The van der Waals surface area contributed by atoms with Gasteiger partial charge in [-0.1, -0.05) is 32.0 Å². The van der Waals surface area contributed by atoms with Crippen molar-refractivity contribution < 1.29 is 31.1 Å². The molecule has 0 aliphatic heterocycles. The molecule has 0 N–H and O–H groups in total. The number of para-hydroxylation sites is 2. The van der Waals surface area contributed by atoms with E-state index in [-0.39, 0.29) is 28.6 Å². The summed E-state index contributed by atoms with van der Waals surface area (Å²) in [5, 5.41) is 0. The molecule has 0 spiro atoms. The topological polar surface area (TPSA) is 66.9 Å². The highest BCUT2D eigenvalue weighted by Crippen LogP contribution is 2.31. The molecular formula is C22H27F3N2O4S. The number of sulfonamides is 1. The maximum atomic E-state index is 13.2. The Kier molecular flexibility index (Phi) is 7.82. The summed E-state index contributed by atoms with van der Waals surface area (Å²) >= 11 is 0. The van der Waals surface area contributed by atoms with Crippen LogP contribution >= 0.6 is 0 Å². The zero-order valence-corrected chi connectivity index (χ0v) is 19.4. The molecule has 10 heteroatoms. The van der Waals surface area contributed by atoms with Crippen LogP contribution in [0.5, 0.6) is 5.75 Å². The van der Waals surface area contributed by atoms with Crippen LogP contribution in [0.2, 0.25) is 0 Å². The van der Waals surface area contributed by atoms with E-state index in [1.54, 1.807) is 45.0 Å². The molecule has 176 valence electrons. The van der Waals surface area contributed by atoms with Gasteiger partial charge in [0.2, 0.25) is 0 Å². The fourth-order valence-electron chi connectivity index (χ4n) is 3.22. The number of rotatable bonds is 8. The van der Waals surface area contributed by atoms with Crippen LogP contribution < -0.4 is 9.04 Å². The van der Waals surface area contributed by atoms with Crippen LogP contribution in [0, 0.1) is 12.8 Å². The Bertz CT molecular complexity index is 1070. The third kappa shape index (κ3) is 5.93. The van der Waals surface area contributed by atoms with Crippen molar-refractivity contribution in [3.05, 3.63) is 53.6 Å². The van der Waals surface area contributed by atoms with Gasteiger partial charge in [-0.25, -0.2) is 8.42 Å². The van der Waals surface area contributed by atoms with Crippen LogP contribution in [-0.4, -0.2) is 52.6 Å². The zero-order valence-electron chi connectivity index (χ0n) is 18.6. The van der Waals surface area contributed by atoms with E-state index in [0.717, 1.165) is 10.4 Å². The van der Waals surface area contributed by atoms with Gasteiger partial charge in [0.1, 0.15) is 12.3 Å². The molecule has 2 rings (SSSR count). The predicted octanol–water partition coefficient (Wildman–Crippen LogP) is 4.49. The van der Waals surface area contributed by atoms with E-state index in [1.807, 2.05) is 0 Å². The van der Waals surface area contributed by atoms with E-state index < -0.39 is 28.7 Å². The van der Waals surface area contributed by atoms with Gasteiger partial charge in [-0.15, -0.1) is 0 Å². The number of halogens is 3. The summed E-state index contributed by atoms with van der Waals surface area (Å²) in [5.41, 5.74) is 0.566. The first kappa shape index (κ1) is 25.5. The van der Waals surface area contributed by atoms with Crippen molar-refractivity contribution in [3.8, 4) is 5.75 Å². The van der Waals surface area contributed by atoms with Gasteiger partial charge in [0.25, 0.3) is 15.9 Å². The Morgan fingerprint density at radius 3 is 2.31 bits per heavy atom. The van der Waals surface area contributed by atoms with E-state index in [1.165, 1.54) is 26.3 Å². The van der Waals surface area contributed by atoms with E-state index in [9.17, 15) is 26.4 Å². The average molecular weight is 473 g/mol. The number of benzene rings is 2. The second-order valence-corrected chi connectivity index (χ2v) is 9.79. The molecule has 0 aliphatic carbocycles. The van der Waals surface area contributed by atoms with Gasteiger partial charge in [-0.2, -0.15) is 13.2 Å². The molecule has 0 saturated carbocycles. The molecule has 0 atom stereocenters. The third-order valence-corrected chi connectivity index (χ3v) is 6.53. The van der Waals surface area contributed by atoms with Crippen LogP contribution in [0.3, 0.4) is 0 Å². The maximum absolute atomic E-state index is 13.2. The lowest BCUT2D eigenvalue weighted by molar-refractivity contribution is -0.141. The molecule has 0 fully saturated rings. The summed E-state index contributed by atoms with van der Waals surface area (Å²) in [6.07, 6.45) is -4.58. The molecule has 1 amide bonds. The van der Waals surface area contributed by atoms with Crippen LogP contribution in [0.1, 0.15) is 29.8 Å². The lowest BCUT2D eigenvalue weighted by Crippen LogP contribution is -2.41. The number of hydrogen-bond donors (Lipinski definition) is 0. The molecule has 0 saturated heterocycles. The molecular weight excluding hydrogens is 445 g/mol. The Hall–Kier alpha value is -2.75. The molecule has 0 heterocycles. The molecule has 0 unspecified atom stereocenters. The Morgan fingerprint density at radius 2 is 1.75 bits per heavy atom. The number of alkyl halides is 3. The highest BCUT2D eigenvalue weighted by molar-refractivity contribution is 7.92. The van der Waals surface area contributed by atoms with Gasteiger partial charge >= 0.3 is 6.18 Å². The molecule has 0 radical (unpaired) electrons. The fourth-order valence-corrected chi connectivity index (χ4v) is 4.45. The minimum Gasteiger partial charge on any atom is -0.495 e. The largest absolute Gasteiger partial charge is 0.495 e. The Labute approximate surface area is 186 Å². The van der Waals surface area contributed by atoms with Crippen molar-refractivity contribution in [2.24, 2.45) is 5.92 Å². The van der Waals surface area contributed by atoms with Crippen molar-refractivity contribution >= 4 is 21.6 Å². The van der Waals surface area contributed by atoms with Crippen LogP contribution in [0.15, 0.2) is 47.4 Å². The van der Waals surface area contributed by atoms with Crippen molar-refractivity contribution in [3.63, 3.8) is 0 Å². The van der Waals surface area contributed by atoms with Gasteiger partial charge in [0.15, 0.2) is 0 Å². The van der Waals surface area contributed by atoms with E-state index in [4.69, 9.17) is 4.74 Å². The number of nitrogens with zero attached hydrogens (tertiary/aromatic N) is 2. The highest BCUT2D eigenvalue weighted by Gasteiger charge is 2.34. The fraction of sp³-hybridized carbons (Fsp3) is 0.409. The summed E-state index contributed by atoms with van der Waals surface area (Å²) in [7, 11) is -1.38. The molecule has 0 aliphatic rings. The van der Waals surface area contributed by atoms with E-state index in [0.29, 0.717) is 16.2 Å². The summed E-state index contributed by atoms with van der Waals surface area (Å²) < 4.78 is 71.9. The molecule has 0 bridgehead atoms. The van der Waals surface area contributed by atoms with Gasteiger partial charge in [-0.3, -0.25) is 9.10 Å². The summed E-state index contributed by atoms with van der Waals surface area (Å²) in [5.74, 6) is -0.744. The molecule has 6 nitrogen and oxygen atoms in total. The van der Waals surface area contributed by atoms with Crippen molar-refractivity contribution in [1.29, 1.82) is 0 Å². The van der Waals surface area contributed by atoms with Crippen molar-refractivity contribution in [1.82, 2.24) is 4.90 Å². The Balaban J connectivity index is 2.49. The maximum Gasteiger partial charge on any atom is 0.406 e. The number of ether oxygens (including phenoxy) is 1.